The van der Waals surface area contributed by atoms with Gasteiger partial charge in [-0.05, 0) is 18.2 Å². The normalized spacial score (nSPS) is 12.4. The molecule has 4 amide bonds. The lowest BCUT2D eigenvalue weighted by molar-refractivity contribution is -0.894. The highest BCUT2D eigenvalue weighted by Crippen LogP contribution is 2.27. The number of carbonyl (C=O) groups is 3. The molecule has 0 aromatic heterocycles. The molecule has 1 unspecified atom stereocenters. The lowest BCUT2D eigenvalue weighted by Crippen LogP contribution is -3.11. The van der Waals surface area contributed by atoms with Crippen LogP contribution >= 0.6 is 11.6 Å². The number of halogens is 1. The quantitative estimate of drug-likeness (QED) is 0.537. The molecular weight excluding hydrogens is 396 g/mol. The Hall–Kier alpha value is -3.10. The molecule has 2 aromatic carbocycles. The minimum absolute atomic E-state index is 0.0314. The summed E-state index contributed by atoms with van der Waals surface area (Å²) >= 11 is 5.99. The Bertz CT molecular complexity index is 876. The summed E-state index contributed by atoms with van der Waals surface area (Å²) in [6, 6.07) is 12.5. The predicted molar refractivity (Wildman–Crippen MR) is 110 cm³/mol. The second-order valence-electron chi connectivity index (χ2n) is 6.33. The summed E-state index contributed by atoms with van der Waals surface area (Å²) in [6.45, 7) is -0.0314. The summed E-state index contributed by atoms with van der Waals surface area (Å²) in [5, 5.41) is 7.83. The molecule has 2 atom stereocenters. The number of ether oxygens (including phenoxy) is 1. The van der Waals surface area contributed by atoms with Crippen molar-refractivity contribution >= 4 is 35.1 Å². The van der Waals surface area contributed by atoms with Crippen LogP contribution in [0.3, 0.4) is 0 Å². The molecule has 154 valence electrons. The van der Waals surface area contributed by atoms with Gasteiger partial charge in [0.1, 0.15) is 5.75 Å². The molecular formula is C20H24ClN4O4+. The Kier molecular flexibility index (Phi) is 7.99. The van der Waals surface area contributed by atoms with Crippen LogP contribution in [0.1, 0.15) is 11.6 Å². The highest BCUT2D eigenvalue weighted by Gasteiger charge is 2.31. The van der Waals surface area contributed by atoms with Crippen molar-refractivity contribution in [2.24, 2.45) is 0 Å². The van der Waals surface area contributed by atoms with E-state index in [9.17, 15) is 14.4 Å². The van der Waals surface area contributed by atoms with Crippen molar-refractivity contribution in [2.45, 2.75) is 6.04 Å². The van der Waals surface area contributed by atoms with E-state index in [-0.39, 0.29) is 12.5 Å². The standard InChI is InChI=1S/C20H23ClN4O4/c1-22-20(28)24-19(27)18(13-7-5-4-6-8-13)25(2)12-17(26)23-15-11-14(21)9-10-16(15)29-3/h4-11,18H,12H2,1-3H3,(H,23,26)(H2,22,24,27,28)/p+1/t18-/m0/s1. The Balaban J connectivity index is 2.17. The van der Waals surface area contributed by atoms with Gasteiger partial charge < -0.3 is 20.3 Å². The van der Waals surface area contributed by atoms with Crippen molar-refractivity contribution in [1.82, 2.24) is 10.6 Å². The molecule has 29 heavy (non-hydrogen) atoms. The van der Waals surface area contributed by atoms with Gasteiger partial charge in [0.05, 0.1) is 19.8 Å². The zero-order valence-corrected chi connectivity index (χ0v) is 17.2. The molecule has 2 rings (SSSR count). The molecule has 0 spiro atoms. The molecule has 0 fully saturated rings. The van der Waals surface area contributed by atoms with E-state index in [2.05, 4.69) is 16.0 Å². The van der Waals surface area contributed by atoms with Gasteiger partial charge in [-0.2, -0.15) is 0 Å². The van der Waals surface area contributed by atoms with Gasteiger partial charge in [0, 0.05) is 17.6 Å². The van der Waals surface area contributed by atoms with Gasteiger partial charge in [0.15, 0.2) is 12.6 Å². The molecule has 0 aliphatic rings. The second kappa shape index (κ2) is 10.4. The molecule has 0 radical (unpaired) electrons. The first-order valence-electron chi connectivity index (χ1n) is 8.89. The number of amides is 4. The predicted octanol–water partition coefficient (Wildman–Crippen LogP) is 0.999. The minimum Gasteiger partial charge on any atom is -0.495 e. The Morgan fingerprint density at radius 1 is 1.14 bits per heavy atom. The number of carbonyl (C=O) groups excluding carboxylic acids is 3. The van der Waals surface area contributed by atoms with Crippen molar-refractivity contribution in [3.63, 3.8) is 0 Å². The number of likely N-dealkylation sites (N-methyl/N-ethyl adjacent to an activating group) is 1. The van der Waals surface area contributed by atoms with E-state index >= 15 is 0 Å². The summed E-state index contributed by atoms with van der Waals surface area (Å²) in [5.74, 6) is -0.379. The average molecular weight is 420 g/mol. The first-order chi connectivity index (χ1) is 13.8. The van der Waals surface area contributed by atoms with Gasteiger partial charge in [-0.25, -0.2) is 4.79 Å². The van der Waals surface area contributed by atoms with Crippen LogP contribution in [-0.2, 0) is 9.59 Å². The third-order valence-corrected chi connectivity index (χ3v) is 4.46. The zero-order valence-electron chi connectivity index (χ0n) is 16.4. The smallest absolute Gasteiger partial charge is 0.321 e. The second-order valence-corrected chi connectivity index (χ2v) is 6.76. The number of anilines is 1. The maximum Gasteiger partial charge on any atom is 0.321 e. The average Bonchev–Trinajstić information content (AvgIpc) is 2.68. The molecule has 0 aliphatic carbocycles. The highest BCUT2D eigenvalue weighted by molar-refractivity contribution is 6.31. The van der Waals surface area contributed by atoms with E-state index in [1.165, 1.54) is 14.2 Å². The van der Waals surface area contributed by atoms with E-state index in [1.807, 2.05) is 6.07 Å². The summed E-state index contributed by atoms with van der Waals surface area (Å²) in [6.07, 6.45) is 0. The van der Waals surface area contributed by atoms with E-state index in [4.69, 9.17) is 16.3 Å². The Labute approximate surface area is 174 Å². The summed E-state index contributed by atoms with van der Waals surface area (Å²) in [4.78, 5) is 37.4. The van der Waals surface area contributed by atoms with Crippen LogP contribution in [0.15, 0.2) is 48.5 Å². The number of urea groups is 1. The van der Waals surface area contributed by atoms with Gasteiger partial charge in [0.25, 0.3) is 11.8 Å². The SMILES string of the molecule is CNC(=O)NC(=O)[C@H](c1ccccc1)[NH+](C)CC(=O)Nc1cc(Cl)ccc1OC. The monoisotopic (exact) mass is 419 g/mol. The van der Waals surface area contributed by atoms with Gasteiger partial charge >= 0.3 is 6.03 Å². The summed E-state index contributed by atoms with van der Waals surface area (Å²) < 4.78 is 5.23. The summed E-state index contributed by atoms with van der Waals surface area (Å²) in [7, 11) is 4.61. The van der Waals surface area contributed by atoms with E-state index in [0.29, 0.717) is 26.9 Å². The molecule has 0 aliphatic heterocycles. The van der Waals surface area contributed by atoms with Crippen LogP contribution in [0.5, 0.6) is 5.75 Å². The topological polar surface area (TPSA) is 101 Å². The van der Waals surface area contributed by atoms with Crippen LogP contribution in [0.25, 0.3) is 0 Å². The number of hydrogen-bond donors (Lipinski definition) is 4. The van der Waals surface area contributed by atoms with Gasteiger partial charge in [-0.15, -0.1) is 0 Å². The fraction of sp³-hybridized carbons (Fsp3) is 0.250. The molecule has 4 N–H and O–H groups in total. The molecule has 8 nitrogen and oxygen atoms in total. The minimum atomic E-state index is -0.763. The van der Waals surface area contributed by atoms with Crippen molar-refractivity contribution < 1.29 is 24.0 Å². The third-order valence-electron chi connectivity index (χ3n) is 4.23. The van der Waals surface area contributed by atoms with Crippen molar-refractivity contribution in [3.05, 3.63) is 59.1 Å². The van der Waals surface area contributed by atoms with Gasteiger partial charge in [-0.1, -0.05) is 41.9 Å². The number of imide groups is 1. The lowest BCUT2D eigenvalue weighted by atomic mass is 10.0. The van der Waals surface area contributed by atoms with E-state index in [1.54, 1.807) is 49.5 Å². The molecule has 2 aromatic rings. The number of methoxy groups -OCH3 is 1. The van der Waals surface area contributed by atoms with Crippen molar-refractivity contribution in [2.75, 3.05) is 33.1 Å². The highest BCUT2D eigenvalue weighted by atomic mass is 35.5. The number of nitrogens with one attached hydrogen (secondary N) is 4. The number of benzene rings is 2. The van der Waals surface area contributed by atoms with Crippen LogP contribution in [0, 0.1) is 0 Å². The van der Waals surface area contributed by atoms with Crippen LogP contribution in [0.4, 0.5) is 10.5 Å². The van der Waals surface area contributed by atoms with Crippen LogP contribution in [-0.4, -0.2) is 45.6 Å². The van der Waals surface area contributed by atoms with E-state index in [0.717, 1.165) is 0 Å². The van der Waals surface area contributed by atoms with Gasteiger partial charge in [0.2, 0.25) is 0 Å². The number of quaternary nitrogens is 1. The Morgan fingerprint density at radius 3 is 2.45 bits per heavy atom. The maximum absolute atomic E-state index is 12.7. The molecule has 0 heterocycles. The number of hydrogen-bond acceptors (Lipinski definition) is 4. The molecule has 9 heteroatoms. The van der Waals surface area contributed by atoms with Crippen LogP contribution < -0.4 is 25.6 Å². The number of rotatable bonds is 7. The molecule has 0 saturated carbocycles. The zero-order chi connectivity index (χ0) is 21.4. The van der Waals surface area contributed by atoms with Crippen molar-refractivity contribution in [3.8, 4) is 5.75 Å². The van der Waals surface area contributed by atoms with Crippen molar-refractivity contribution in [1.29, 1.82) is 0 Å². The molecule has 0 bridgehead atoms. The fourth-order valence-electron chi connectivity index (χ4n) is 2.88. The third kappa shape index (κ3) is 6.20. The molecule has 0 saturated heterocycles. The van der Waals surface area contributed by atoms with Crippen LogP contribution in [0.2, 0.25) is 5.02 Å². The first kappa shape index (κ1) is 22.2. The largest absolute Gasteiger partial charge is 0.495 e. The van der Waals surface area contributed by atoms with E-state index < -0.39 is 18.0 Å². The summed E-state index contributed by atoms with van der Waals surface area (Å²) in [5.41, 5.74) is 1.11. The Morgan fingerprint density at radius 2 is 1.83 bits per heavy atom. The lowest BCUT2D eigenvalue weighted by Gasteiger charge is -2.24. The first-order valence-corrected chi connectivity index (χ1v) is 9.26. The fourth-order valence-corrected chi connectivity index (χ4v) is 3.05. The van der Waals surface area contributed by atoms with Gasteiger partial charge in [-0.3, -0.25) is 14.9 Å². The maximum atomic E-state index is 12.7.